The first-order valence-corrected chi connectivity index (χ1v) is 8.91. The number of halogens is 1. The lowest BCUT2D eigenvalue weighted by Gasteiger charge is -2.32. The van der Waals surface area contributed by atoms with Crippen LogP contribution in [0, 0.1) is 0 Å². The maximum atomic E-state index is 6.03. The Balaban J connectivity index is 1.36. The molecule has 2 aromatic rings. The van der Waals surface area contributed by atoms with Gasteiger partial charge >= 0.3 is 0 Å². The second-order valence-electron chi connectivity index (χ2n) is 6.37. The molecule has 1 aliphatic heterocycles. The Morgan fingerprint density at radius 1 is 0.957 bits per heavy atom. The number of rotatable bonds is 6. The second kappa shape index (κ2) is 8.49. The molecular formula is C20H25ClN2. The topological polar surface area (TPSA) is 15.3 Å². The van der Waals surface area contributed by atoms with E-state index in [2.05, 4.69) is 52.7 Å². The molecule has 0 saturated carbocycles. The van der Waals surface area contributed by atoms with Gasteiger partial charge in [0.1, 0.15) is 0 Å². The largest absolute Gasteiger partial charge is 0.314 e. The number of nitrogens with one attached hydrogen (secondary N) is 1. The van der Waals surface area contributed by atoms with Gasteiger partial charge in [-0.25, -0.2) is 0 Å². The summed E-state index contributed by atoms with van der Waals surface area (Å²) in [6.45, 7) is 4.48. The molecule has 0 unspecified atom stereocenters. The van der Waals surface area contributed by atoms with E-state index in [9.17, 15) is 0 Å². The Morgan fingerprint density at radius 2 is 1.70 bits per heavy atom. The highest BCUT2D eigenvalue weighted by atomic mass is 35.5. The molecular weight excluding hydrogens is 304 g/mol. The fraction of sp³-hybridized carbons (Fsp3) is 0.400. The fourth-order valence-corrected chi connectivity index (χ4v) is 3.46. The van der Waals surface area contributed by atoms with Gasteiger partial charge in [-0.05, 0) is 62.2 Å². The van der Waals surface area contributed by atoms with Gasteiger partial charge in [0.25, 0.3) is 0 Å². The van der Waals surface area contributed by atoms with Crippen molar-refractivity contribution < 1.29 is 0 Å². The monoisotopic (exact) mass is 328 g/mol. The molecule has 1 fully saturated rings. The molecule has 0 atom stereocenters. The fourth-order valence-electron chi connectivity index (χ4n) is 3.25. The van der Waals surface area contributed by atoms with Crippen LogP contribution >= 0.6 is 11.6 Å². The van der Waals surface area contributed by atoms with Crippen molar-refractivity contribution in [2.75, 3.05) is 19.6 Å². The lowest BCUT2D eigenvalue weighted by molar-refractivity contribution is 0.191. The summed E-state index contributed by atoms with van der Waals surface area (Å²) < 4.78 is 0. The van der Waals surface area contributed by atoms with Crippen molar-refractivity contribution >= 4 is 11.6 Å². The second-order valence-corrected chi connectivity index (χ2v) is 6.81. The van der Waals surface area contributed by atoms with Gasteiger partial charge in [0.05, 0.1) is 0 Å². The van der Waals surface area contributed by atoms with Crippen LogP contribution in [0.1, 0.15) is 24.0 Å². The van der Waals surface area contributed by atoms with Crippen LogP contribution in [0.15, 0.2) is 54.6 Å². The van der Waals surface area contributed by atoms with Crippen LogP contribution in [0.5, 0.6) is 0 Å². The third-order valence-electron chi connectivity index (χ3n) is 4.57. The van der Waals surface area contributed by atoms with E-state index in [1.807, 2.05) is 12.1 Å². The lowest BCUT2D eigenvalue weighted by atomic mass is 10.0. The molecule has 2 aromatic carbocycles. The molecule has 1 aliphatic rings. The van der Waals surface area contributed by atoms with Crippen LogP contribution < -0.4 is 5.32 Å². The van der Waals surface area contributed by atoms with Crippen molar-refractivity contribution in [2.45, 2.75) is 31.8 Å². The summed E-state index contributed by atoms with van der Waals surface area (Å²) in [7, 11) is 0. The Kier molecular flexibility index (Phi) is 6.09. The van der Waals surface area contributed by atoms with Crippen molar-refractivity contribution in [1.29, 1.82) is 0 Å². The van der Waals surface area contributed by atoms with Gasteiger partial charge in [0.15, 0.2) is 0 Å². The molecule has 0 spiro atoms. The van der Waals surface area contributed by atoms with E-state index in [0.29, 0.717) is 6.04 Å². The molecule has 0 amide bonds. The Morgan fingerprint density at radius 3 is 2.43 bits per heavy atom. The zero-order valence-electron chi connectivity index (χ0n) is 13.5. The van der Waals surface area contributed by atoms with E-state index in [1.54, 1.807) is 0 Å². The Labute approximate surface area is 144 Å². The van der Waals surface area contributed by atoms with Gasteiger partial charge in [-0.15, -0.1) is 0 Å². The van der Waals surface area contributed by atoms with Crippen molar-refractivity contribution in [1.82, 2.24) is 10.2 Å². The zero-order valence-corrected chi connectivity index (χ0v) is 14.3. The molecule has 122 valence electrons. The van der Waals surface area contributed by atoms with Crippen molar-refractivity contribution in [2.24, 2.45) is 0 Å². The summed E-state index contributed by atoms with van der Waals surface area (Å²) in [5.74, 6) is 0. The summed E-state index contributed by atoms with van der Waals surface area (Å²) in [5.41, 5.74) is 2.73. The molecule has 3 rings (SSSR count). The maximum Gasteiger partial charge on any atom is 0.0408 e. The summed E-state index contributed by atoms with van der Waals surface area (Å²) in [4.78, 5) is 2.56. The normalized spacial score (nSPS) is 16.6. The predicted molar refractivity (Wildman–Crippen MR) is 97.9 cm³/mol. The quantitative estimate of drug-likeness (QED) is 0.857. The smallest absolute Gasteiger partial charge is 0.0408 e. The van der Waals surface area contributed by atoms with Gasteiger partial charge in [-0.1, -0.05) is 54.1 Å². The van der Waals surface area contributed by atoms with E-state index < -0.39 is 0 Å². The van der Waals surface area contributed by atoms with Crippen LogP contribution in [0.3, 0.4) is 0 Å². The molecule has 0 aromatic heterocycles. The highest BCUT2D eigenvalue weighted by molar-refractivity contribution is 6.30. The number of benzene rings is 2. The van der Waals surface area contributed by atoms with Crippen LogP contribution in [-0.4, -0.2) is 30.6 Å². The molecule has 1 saturated heterocycles. The molecule has 3 heteroatoms. The van der Waals surface area contributed by atoms with Crippen LogP contribution in [-0.2, 0) is 13.0 Å². The number of nitrogens with zero attached hydrogens (tertiary/aromatic N) is 1. The first-order valence-electron chi connectivity index (χ1n) is 8.54. The molecule has 1 N–H and O–H groups in total. The van der Waals surface area contributed by atoms with Crippen molar-refractivity contribution in [3.63, 3.8) is 0 Å². The average Bonchev–Trinajstić information content (AvgIpc) is 2.58. The van der Waals surface area contributed by atoms with E-state index in [0.717, 1.165) is 24.5 Å². The average molecular weight is 329 g/mol. The van der Waals surface area contributed by atoms with E-state index >= 15 is 0 Å². The molecule has 23 heavy (non-hydrogen) atoms. The van der Waals surface area contributed by atoms with E-state index in [-0.39, 0.29) is 0 Å². The minimum absolute atomic E-state index is 0.654. The van der Waals surface area contributed by atoms with Gasteiger partial charge in [-0.2, -0.15) is 0 Å². The first-order chi connectivity index (χ1) is 11.3. The predicted octanol–water partition coefficient (Wildman–Crippen LogP) is 4.14. The summed E-state index contributed by atoms with van der Waals surface area (Å²) in [5, 5.41) is 4.53. The molecule has 0 bridgehead atoms. The molecule has 1 heterocycles. The SMILES string of the molecule is Clc1cccc(CCNC2CCN(Cc3ccccc3)CC2)c1. The van der Waals surface area contributed by atoms with Gasteiger partial charge in [0.2, 0.25) is 0 Å². The Hall–Kier alpha value is -1.35. The van der Waals surface area contributed by atoms with Gasteiger partial charge < -0.3 is 5.32 Å². The first kappa shape index (κ1) is 16.5. The highest BCUT2D eigenvalue weighted by Gasteiger charge is 2.18. The minimum atomic E-state index is 0.654. The summed E-state index contributed by atoms with van der Waals surface area (Å²) in [6, 6.07) is 19.6. The summed E-state index contributed by atoms with van der Waals surface area (Å²) >= 11 is 6.03. The third kappa shape index (κ3) is 5.35. The number of hydrogen-bond acceptors (Lipinski definition) is 2. The maximum absolute atomic E-state index is 6.03. The molecule has 0 aliphatic carbocycles. The number of piperidine rings is 1. The third-order valence-corrected chi connectivity index (χ3v) is 4.81. The number of hydrogen-bond donors (Lipinski definition) is 1. The van der Waals surface area contributed by atoms with Crippen molar-refractivity contribution in [3.05, 3.63) is 70.7 Å². The number of likely N-dealkylation sites (tertiary alicyclic amines) is 1. The van der Waals surface area contributed by atoms with Gasteiger partial charge in [-0.3, -0.25) is 4.90 Å². The van der Waals surface area contributed by atoms with Crippen LogP contribution in [0.4, 0.5) is 0 Å². The van der Waals surface area contributed by atoms with Crippen LogP contribution in [0.25, 0.3) is 0 Å². The summed E-state index contributed by atoms with van der Waals surface area (Å²) in [6.07, 6.45) is 3.52. The van der Waals surface area contributed by atoms with Crippen molar-refractivity contribution in [3.8, 4) is 0 Å². The zero-order chi connectivity index (χ0) is 15.9. The van der Waals surface area contributed by atoms with Gasteiger partial charge in [0, 0.05) is 17.6 Å². The molecule has 2 nitrogen and oxygen atoms in total. The standard InChI is InChI=1S/C20H25ClN2/c21-19-8-4-7-17(15-19)9-12-22-20-10-13-23(14-11-20)16-18-5-2-1-3-6-18/h1-8,15,20,22H,9-14,16H2. The van der Waals surface area contributed by atoms with E-state index in [1.165, 1.54) is 37.1 Å². The van der Waals surface area contributed by atoms with Crippen LogP contribution in [0.2, 0.25) is 5.02 Å². The lowest BCUT2D eigenvalue weighted by Crippen LogP contribution is -2.42. The molecule has 0 radical (unpaired) electrons. The minimum Gasteiger partial charge on any atom is -0.314 e. The van der Waals surface area contributed by atoms with E-state index in [4.69, 9.17) is 11.6 Å². The highest BCUT2D eigenvalue weighted by Crippen LogP contribution is 2.14. The Bertz CT molecular complexity index is 592.